The van der Waals surface area contributed by atoms with Crippen LogP contribution in [-0.4, -0.2) is 25.5 Å². The Hall–Kier alpha value is -2.13. The Labute approximate surface area is 151 Å². The first-order chi connectivity index (χ1) is 12.2. The number of benzene rings is 2. The molecule has 2 N–H and O–H groups in total. The average Bonchev–Trinajstić information content (AvgIpc) is 2.65. The zero-order valence-corrected chi connectivity index (χ0v) is 15.1. The molecule has 1 fully saturated rings. The van der Waals surface area contributed by atoms with Gasteiger partial charge in [-0.15, -0.1) is 0 Å². The van der Waals surface area contributed by atoms with Gasteiger partial charge in [-0.25, -0.2) is 0 Å². The number of carbonyl (C=O) groups is 1. The maximum Gasteiger partial charge on any atom is 0.275 e. The molecule has 0 aliphatic carbocycles. The summed E-state index contributed by atoms with van der Waals surface area (Å²) < 4.78 is 0. The van der Waals surface area contributed by atoms with Gasteiger partial charge in [-0.2, -0.15) is 0 Å². The molecule has 3 nitrogen and oxygen atoms in total. The summed E-state index contributed by atoms with van der Waals surface area (Å²) in [5, 5.41) is 3.13. The predicted molar refractivity (Wildman–Crippen MR) is 101 cm³/mol. The summed E-state index contributed by atoms with van der Waals surface area (Å²) in [5.74, 6) is 0.922. The third kappa shape index (κ3) is 5.43. The minimum atomic E-state index is 0.0729. The van der Waals surface area contributed by atoms with E-state index in [9.17, 15) is 4.79 Å². The summed E-state index contributed by atoms with van der Waals surface area (Å²) in [7, 11) is 0. The molecular formula is C22H29N2O+. The maximum absolute atomic E-state index is 12.3. The first kappa shape index (κ1) is 17.7. The van der Waals surface area contributed by atoms with Crippen LogP contribution in [0.2, 0.25) is 0 Å². The quantitative estimate of drug-likeness (QED) is 0.834. The number of hydrogen-bond acceptors (Lipinski definition) is 1. The van der Waals surface area contributed by atoms with Crippen molar-refractivity contribution in [1.82, 2.24) is 5.32 Å². The lowest BCUT2D eigenvalue weighted by Gasteiger charge is -2.29. The normalized spacial score (nSPS) is 21.5. The van der Waals surface area contributed by atoms with Gasteiger partial charge in [-0.1, -0.05) is 60.7 Å². The zero-order valence-electron chi connectivity index (χ0n) is 15.1. The van der Waals surface area contributed by atoms with Crippen molar-refractivity contribution >= 4 is 5.91 Å². The van der Waals surface area contributed by atoms with Crippen molar-refractivity contribution in [2.24, 2.45) is 5.92 Å². The van der Waals surface area contributed by atoms with Gasteiger partial charge >= 0.3 is 0 Å². The molecule has 1 aliphatic rings. The molecule has 132 valence electrons. The first-order valence-corrected chi connectivity index (χ1v) is 9.42. The van der Waals surface area contributed by atoms with Gasteiger partial charge in [0.2, 0.25) is 0 Å². The van der Waals surface area contributed by atoms with Gasteiger partial charge in [0.15, 0.2) is 6.54 Å². The number of piperidine rings is 1. The van der Waals surface area contributed by atoms with Gasteiger partial charge in [0.1, 0.15) is 0 Å². The van der Waals surface area contributed by atoms with Crippen LogP contribution in [-0.2, 0) is 11.2 Å². The second-order valence-electron chi connectivity index (χ2n) is 7.26. The van der Waals surface area contributed by atoms with E-state index in [2.05, 4.69) is 54.7 Å². The van der Waals surface area contributed by atoms with Crippen LogP contribution < -0.4 is 10.2 Å². The van der Waals surface area contributed by atoms with E-state index in [1.54, 1.807) is 0 Å². The minimum absolute atomic E-state index is 0.0729. The molecule has 0 bridgehead atoms. The van der Waals surface area contributed by atoms with Gasteiger partial charge in [0.25, 0.3) is 5.91 Å². The van der Waals surface area contributed by atoms with Crippen LogP contribution >= 0.6 is 0 Å². The van der Waals surface area contributed by atoms with Gasteiger partial charge in [-0.05, 0) is 43.2 Å². The maximum atomic E-state index is 12.3. The Kier molecular flexibility index (Phi) is 6.24. The van der Waals surface area contributed by atoms with Crippen molar-refractivity contribution in [2.45, 2.75) is 32.2 Å². The summed E-state index contributed by atoms with van der Waals surface area (Å²) in [4.78, 5) is 13.8. The summed E-state index contributed by atoms with van der Waals surface area (Å²) in [6.07, 6.45) is 3.60. The molecule has 2 aromatic carbocycles. The molecule has 3 rings (SSSR count). The van der Waals surface area contributed by atoms with Crippen LogP contribution in [0.15, 0.2) is 60.7 Å². The Bertz CT molecular complexity index is 648. The number of quaternary nitrogens is 1. The van der Waals surface area contributed by atoms with E-state index in [-0.39, 0.29) is 11.9 Å². The Balaban J connectivity index is 1.40. The van der Waals surface area contributed by atoms with Crippen molar-refractivity contribution in [3.63, 3.8) is 0 Å². The Morgan fingerprint density at radius 1 is 1.04 bits per heavy atom. The smallest absolute Gasteiger partial charge is 0.275 e. The molecule has 1 saturated heterocycles. The minimum Gasteiger partial charge on any atom is -0.345 e. The van der Waals surface area contributed by atoms with Gasteiger partial charge in [0, 0.05) is 0 Å². The second-order valence-corrected chi connectivity index (χ2v) is 7.26. The van der Waals surface area contributed by atoms with E-state index in [0.29, 0.717) is 6.54 Å². The molecule has 0 spiro atoms. The SMILES string of the molecule is C[C@H](NC(=O)C[NH+]1CCC(Cc2ccccc2)CC1)c1ccccc1. The van der Waals surface area contributed by atoms with E-state index in [1.807, 2.05) is 18.2 Å². The molecule has 1 amide bonds. The molecular weight excluding hydrogens is 308 g/mol. The Morgan fingerprint density at radius 2 is 1.64 bits per heavy atom. The summed E-state index contributed by atoms with van der Waals surface area (Å²) in [6, 6.07) is 21.0. The number of rotatable bonds is 6. The van der Waals surface area contributed by atoms with E-state index >= 15 is 0 Å². The van der Waals surface area contributed by atoms with E-state index in [1.165, 1.54) is 29.7 Å². The van der Waals surface area contributed by atoms with E-state index in [0.717, 1.165) is 24.6 Å². The zero-order chi connectivity index (χ0) is 17.5. The van der Waals surface area contributed by atoms with Crippen LogP contribution in [0.5, 0.6) is 0 Å². The third-order valence-corrected chi connectivity index (χ3v) is 5.27. The molecule has 0 aromatic heterocycles. The number of carbonyl (C=O) groups excluding carboxylic acids is 1. The molecule has 3 heteroatoms. The van der Waals surface area contributed by atoms with E-state index in [4.69, 9.17) is 0 Å². The topological polar surface area (TPSA) is 33.5 Å². The monoisotopic (exact) mass is 337 g/mol. The van der Waals surface area contributed by atoms with Gasteiger partial charge in [-0.3, -0.25) is 4.79 Å². The van der Waals surface area contributed by atoms with Crippen LogP contribution in [0.1, 0.15) is 36.9 Å². The molecule has 0 radical (unpaired) electrons. The molecule has 1 heterocycles. The number of hydrogen-bond donors (Lipinski definition) is 2. The van der Waals surface area contributed by atoms with Crippen LogP contribution in [0.25, 0.3) is 0 Å². The van der Waals surface area contributed by atoms with E-state index < -0.39 is 0 Å². The summed E-state index contributed by atoms with van der Waals surface area (Å²) in [6.45, 7) is 4.85. The Morgan fingerprint density at radius 3 is 2.28 bits per heavy atom. The molecule has 0 saturated carbocycles. The largest absolute Gasteiger partial charge is 0.345 e. The third-order valence-electron chi connectivity index (χ3n) is 5.27. The number of amides is 1. The van der Waals surface area contributed by atoms with Crippen LogP contribution in [0.3, 0.4) is 0 Å². The summed E-state index contributed by atoms with van der Waals surface area (Å²) in [5.41, 5.74) is 2.60. The standard InChI is InChI=1S/C22H28N2O/c1-18(21-10-6-3-7-11-21)23-22(25)17-24-14-12-20(13-15-24)16-19-8-4-2-5-9-19/h2-11,18,20H,12-17H2,1H3,(H,23,25)/p+1/t18-/m0/s1. The molecule has 2 aromatic rings. The van der Waals surface area contributed by atoms with Crippen molar-refractivity contribution in [1.29, 1.82) is 0 Å². The molecule has 25 heavy (non-hydrogen) atoms. The lowest BCUT2D eigenvalue weighted by Crippen LogP contribution is -3.14. The summed E-state index contributed by atoms with van der Waals surface area (Å²) >= 11 is 0. The predicted octanol–water partition coefficient (Wildman–Crippen LogP) is 2.40. The highest BCUT2D eigenvalue weighted by atomic mass is 16.2. The second kappa shape index (κ2) is 8.82. The number of nitrogens with one attached hydrogen (secondary N) is 2. The van der Waals surface area contributed by atoms with Crippen LogP contribution in [0, 0.1) is 5.92 Å². The highest BCUT2D eigenvalue weighted by Crippen LogP contribution is 2.16. The molecule has 1 aliphatic heterocycles. The molecule has 1 atom stereocenters. The van der Waals surface area contributed by atoms with Crippen LogP contribution in [0.4, 0.5) is 0 Å². The lowest BCUT2D eigenvalue weighted by molar-refractivity contribution is -0.898. The lowest BCUT2D eigenvalue weighted by atomic mass is 9.90. The van der Waals surface area contributed by atoms with Crippen molar-refractivity contribution in [3.8, 4) is 0 Å². The van der Waals surface area contributed by atoms with Crippen molar-refractivity contribution in [3.05, 3.63) is 71.8 Å². The average molecular weight is 337 g/mol. The van der Waals surface area contributed by atoms with Crippen molar-refractivity contribution in [2.75, 3.05) is 19.6 Å². The fraction of sp³-hybridized carbons (Fsp3) is 0.409. The highest BCUT2D eigenvalue weighted by Gasteiger charge is 2.24. The fourth-order valence-electron chi connectivity index (χ4n) is 3.76. The van der Waals surface area contributed by atoms with Gasteiger partial charge in [0.05, 0.1) is 19.1 Å². The number of likely N-dealkylation sites (tertiary alicyclic amines) is 1. The first-order valence-electron chi connectivity index (χ1n) is 9.42. The van der Waals surface area contributed by atoms with Crippen molar-refractivity contribution < 1.29 is 9.69 Å². The van der Waals surface area contributed by atoms with Gasteiger partial charge < -0.3 is 10.2 Å². The highest BCUT2D eigenvalue weighted by molar-refractivity contribution is 5.77. The fourth-order valence-corrected chi connectivity index (χ4v) is 3.76. The molecule has 0 unspecified atom stereocenters.